The second-order valence-electron chi connectivity index (χ2n) is 4.94. The van der Waals surface area contributed by atoms with Crippen molar-refractivity contribution in [2.45, 2.75) is 26.3 Å². The molecule has 4 heteroatoms. The second kappa shape index (κ2) is 7.48. The maximum Gasteiger partial charge on any atom is 0.165 e. The number of nitrogens with one attached hydrogen (secondary N) is 1. The van der Waals surface area contributed by atoms with Crippen LogP contribution in [0.5, 0.6) is 11.5 Å². The zero-order valence-electron chi connectivity index (χ0n) is 13.1. The lowest BCUT2D eigenvalue weighted by Crippen LogP contribution is -2.23. The Hall–Kier alpha value is -1.52. The van der Waals surface area contributed by atoms with Crippen molar-refractivity contribution in [2.24, 2.45) is 0 Å². The maximum atomic E-state index is 5.61. The van der Waals surface area contributed by atoms with E-state index in [1.807, 2.05) is 12.1 Å². The summed E-state index contributed by atoms with van der Waals surface area (Å²) in [6, 6.07) is 8.34. The van der Waals surface area contributed by atoms with E-state index in [4.69, 9.17) is 9.47 Å². The summed E-state index contributed by atoms with van der Waals surface area (Å²) in [5.74, 6) is 1.58. The van der Waals surface area contributed by atoms with Crippen LogP contribution in [0.15, 0.2) is 29.6 Å². The van der Waals surface area contributed by atoms with Gasteiger partial charge in [0.15, 0.2) is 11.5 Å². The highest BCUT2D eigenvalue weighted by molar-refractivity contribution is 7.10. The first-order valence-corrected chi connectivity index (χ1v) is 8.09. The summed E-state index contributed by atoms with van der Waals surface area (Å²) < 4.78 is 11.0. The molecule has 1 unspecified atom stereocenters. The largest absolute Gasteiger partial charge is 0.493 e. The fourth-order valence-corrected chi connectivity index (χ4v) is 3.47. The number of rotatable bonds is 7. The van der Waals surface area contributed by atoms with Crippen molar-refractivity contribution in [3.05, 3.63) is 45.6 Å². The number of hydrogen-bond acceptors (Lipinski definition) is 4. The third-order valence-electron chi connectivity index (χ3n) is 3.51. The van der Waals surface area contributed by atoms with Crippen LogP contribution < -0.4 is 14.8 Å². The van der Waals surface area contributed by atoms with Crippen LogP contribution in [-0.2, 0) is 0 Å². The fraction of sp³-hybridized carbons (Fsp3) is 0.412. The van der Waals surface area contributed by atoms with Gasteiger partial charge in [0.25, 0.3) is 0 Å². The van der Waals surface area contributed by atoms with Crippen LogP contribution in [0.4, 0.5) is 0 Å². The minimum atomic E-state index is 0.134. The molecule has 0 aliphatic heterocycles. The van der Waals surface area contributed by atoms with E-state index in [0.29, 0.717) is 0 Å². The Labute approximate surface area is 130 Å². The van der Waals surface area contributed by atoms with Gasteiger partial charge in [0.1, 0.15) is 0 Å². The number of para-hydroxylation sites is 1. The van der Waals surface area contributed by atoms with Crippen LogP contribution in [0.3, 0.4) is 0 Å². The van der Waals surface area contributed by atoms with Gasteiger partial charge < -0.3 is 14.8 Å². The molecule has 3 nitrogen and oxygen atoms in total. The molecule has 0 aliphatic carbocycles. The van der Waals surface area contributed by atoms with E-state index in [9.17, 15) is 0 Å². The predicted octanol–water partition coefficient (Wildman–Crippen LogP) is 4.16. The third-order valence-corrected chi connectivity index (χ3v) is 4.59. The van der Waals surface area contributed by atoms with Gasteiger partial charge in [-0.25, -0.2) is 0 Å². The molecule has 0 aliphatic rings. The molecular weight excluding hydrogens is 282 g/mol. The lowest BCUT2D eigenvalue weighted by atomic mass is 10.0. The Bertz CT molecular complexity index is 580. The summed E-state index contributed by atoms with van der Waals surface area (Å²) in [5, 5.41) is 5.77. The molecule has 114 valence electrons. The molecule has 1 heterocycles. The molecule has 0 saturated carbocycles. The minimum absolute atomic E-state index is 0.134. The minimum Gasteiger partial charge on any atom is -0.493 e. The average Bonchev–Trinajstić information content (AvgIpc) is 2.93. The Kier molecular flexibility index (Phi) is 5.65. The Morgan fingerprint density at radius 2 is 2.00 bits per heavy atom. The topological polar surface area (TPSA) is 30.5 Å². The van der Waals surface area contributed by atoms with Crippen molar-refractivity contribution in [1.29, 1.82) is 0 Å². The number of hydrogen-bond donors (Lipinski definition) is 1. The van der Waals surface area contributed by atoms with E-state index in [1.165, 1.54) is 10.4 Å². The first kappa shape index (κ1) is 15.9. The Morgan fingerprint density at radius 3 is 2.57 bits per heavy atom. The lowest BCUT2D eigenvalue weighted by molar-refractivity contribution is 0.349. The van der Waals surface area contributed by atoms with Crippen LogP contribution in [0, 0.1) is 6.92 Å². The standard InChI is InChI=1S/C17H23NO2S/c1-5-10-18-15(17-12(2)9-11-21-17)13-7-6-8-14(19-3)16(13)20-4/h6-9,11,15,18H,5,10H2,1-4H3. The molecule has 0 saturated heterocycles. The highest BCUT2D eigenvalue weighted by atomic mass is 32.1. The van der Waals surface area contributed by atoms with Gasteiger partial charge in [0.2, 0.25) is 0 Å². The van der Waals surface area contributed by atoms with Crippen LogP contribution in [-0.4, -0.2) is 20.8 Å². The molecule has 0 radical (unpaired) electrons. The fourth-order valence-electron chi connectivity index (χ4n) is 2.45. The van der Waals surface area contributed by atoms with Crippen molar-refractivity contribution in [3.63, 3.8) is 0 Å². The van der Waals surface area contributed by atoms with Gasteiger partial charge in [-0.2, -0.15) is 0 Å². The molecule has 1 aromatic carbocycles. The molecule has 2 rings (SSSR count). The third kappa shape index (κ3) is 3.39. The van der Waals surface area contributed by atoms with E-state index in [2.05, 4.69) is 36.7 Å². The summed E-state index contributed by atoms with van der Waals surface area (Å²) in [6.07, 6.45) is 1.09. The zero-order valence-corrected chi connectivity index (χ0v) is 13.9. The predicted molar refractivity (Wildman–Crippen MR) is 88.7 cm³/mol. The highest BCUT2D eigenvalue weighted by Crippen LogP contribution is 2.39. The van der Waals surface area contributed by atoms with E-state index < -0.39 is 0 Å². The summed E-state index contributed by atoms with van der Waals surface area (Å²) in [5.41, 5.74) is 2.43. The SMILES string of the molecule is CCCNC(c1cccc(OC)c1OC)c1sccc1C. The number of thiophene rings is 1. The molecule has 0 spiro atoms. The van der Waals surface area contributed by atoms with E-state index in [0.717, 1.165) is 30.0 Å². The number of aryl methyl sites for hydroxylation is 1. The van der Waals surface area contributed by atoms with Gasteiger partial charge in [-0.15, -0.1) is 11.3 Å². The van der Waals surface area contributed by atoms with Crippen molar-refractivity contribution >= 4 is 11.3 Å². The monoisotopic (exact) mass is 305 g/mol. The molecule has 1 aromatic heterocycles. The molecule has 0 fully saturated rings. The van der Waals surface area contributed by atoms with Crippen molar-refractivity contribution in [2.75, 3.05) is 20.8 Å². The van der Waals surface area contributed by atoms with Gasteiger partial charge in [0.05, 0.1) is 20.3 Å². The van der Waals surface area contributed by atoms with Gasteiger partial charge in [-0.3, -0.25) is 0 Å². The van der Waals surface area contributed by atoms with Gasteiger partial charge in [-0.1, -0.05) is 19.1 Å². The van der Waals surface area contributed by atoms with Crippen molar-refractivity contribution in [3.8, 4) is 11.5 Å². The molecule has 1 atom stereocenters. The highest BCUT2D eigenvalue weighted by Gasteiger charge is 2.22. The van der Waals surface area contributed by atoms with E-state index >= 15 is 0 Å². The van der Waals surface area contributed by atoms with Gasteiger partial charge in [0, 0.05) is 10.4 Å². The number of ether oxygens (including phenoxy) is 2. The van der Waals surface area contributed by atoms with Crippen molar-refractivity contribution < 1.29 is 9.47 Å². The van der Waals surface area contributed by atoms with Crippen LogP contribution in [0.1, 0.15) is 35.4 Å². The lowest BCUT2D eigenvalue weighted by Gasteiger charge is -2.22. The molecule has 0 amide bonds. The number of methoxy groups -OCH3 is 2. The molecule has 21 heavy (non-hydrogen) atoms. The summed E-state index contributed by atoms with van der Waals surface area (Å²) >= 11 is 1.78. The molecular formula is C17H23NO2S. The second-order valence-corrected chi connectivity index (χ2v) is 5.89. The normalized spacial score (nSPS) is 12.2. The smallest absolute Gasteiger partial charge is 0.165 e. The number of benzene rings is 1. The van der Waals surface area contributed by atoms with E-state index in [1.54, 1.807) is 25.6 Å². The van der Waals surface area contributed by atoms with Crippen LogP contribution in [0.2, 0.25) is 0 Å². The average molecular weight is 305 g/mol. The molecule has 1 N–H and O–H groups in total. The summed E-state index contributed by atoms with van der Waals surface area (Å²) in [7, 11) is 3.37. The quantitative estimate of drug-likeness (QED) is 0.833. The van der Waals surface area contributed by atoms with Crippen LogP contribution in [0.25, 0.3) is 0 Å². The Morgan fingerprint density at radius 1 is 1.19 bits per heavy atom. The first-order valence-electron chi connectivity index (χ1n) is 7.21. The Balaban J connectivity index is 2.49. The molecule has 0 bridgehead atoms. The van der Waals surface area contributed by atoms with E-state index in [-0.39, 0.29) is 6.04 Å². The van der Waals surface area contributed by atoms with Crippen LogP contribution >= 0.6 is 11.3 Å². The summed E-state index contributed by atoms with van der Waals surface area (Å²) in [6.45, 7) is 5.29. The molecule has 2 aromatic rings. The summed E-state index contributed by atoms with van der Waals surface area (Å²) in [4.78, 5) is 1.33. The maximum absolute atomic E-state index is 5.61. The van der Waals surface area contributed by atoms with Gasteiger partial charge in [-0.05, 0) is 43.0 Å². The van der Waals surface area contributed by atoms with Gasteiger partial charge >= 0.3 is 0 Å². The first-order chi connectivity index (χ1) is 10.2. The van der Waals surface area contributed by atoms with Crippen molar-refractivity contribution in [1.82, 2.24) is 5.32 Å². The zero-order chi connectivity index (χ0) is 15.2.